The molecule has 0 heterocycles. The summed E-state index contributed by atoms with van der Waals surface area (Å²) >= 11 is 0. The molecule has 1 N–H and O–H groups in total. The lowest BCUT2D eigenvalue weighted by molar-refractivity contribution is 0.0367. The van der Waals surface area contributed by atoms with E-state index < -0.39 is 0 Å². The van der Waals surface area contributed by atoms with Crippen LogP contribution in [-0.2, 0) is 5.41 Å². The van der Waals surface area contributed by atoms with Crippen LogP contribution in [0.25, 0.3) is 0 Å². The fourth-order valence-electron chi connectivity index (χ4n) is 5.01. The largest absolute Gasteiger partial charge is 0.508 e. The highest BCUT2D eigenvalue weighted by Crippen LogP contribution is 2.57. The minimum atomic E-state index is 0.0119. The van der Waals surface area contributed by atoms with Gasteiger partial charge in [-0.05, 0) is 58.8 Å². The lowest BCUT2D eigenvalue weighted by Crippen LogP contribution is -2.49. The van der Waals surface area contributed by atoms with Gasteiger partial charge in [-0.25, -0.2) is 0 Å². The quantitative estimate of drug-likeness (QED) is 0.775. The maximum Gasteiger partial charge on any atom is 0.163 e. The molecule has 0 radical (unpaired) electrons. The molecular formula is C20H28O2. The normalized spacial score (nSPS) is 30.1. The summed E-state index contributed by atoms with van der Waals surface area (Å²) < 4.78 is 0. The fourth-order valence-corrected chi connectivity index (χ4v) is 5.01. The van der Waals surface area contributed by atoms with Gasteiger partial charge < -0.3 is 5.11 Å². The van der Waals surface area contributed by atoms with Crippen LogP contribution in [0.5, 0.6) is 5.75 Å². The summed E-state index contributed by atoms with van der Waals surface area (Å²) in [6, 6.07) is 3.86. The van der Waals surface area contributed by atoms with Gasteiger partial charge in [-0.2, -0.15) is 0 Å². The van der Waals surface area contributed by atoms with Crippen LogP contribution >= 0.6 is 0 Å². The molecule has 2 nitrogen and oxygen atoms in total. The van der Waals surface area contributed by atoms with Crippen molar-refractivity contribution in [2.24, 2.45) is 11.3 Å². The summed E-state index contributed by atoms with van der Waals surface area (Å²) in [5.74, 6) is 1.21. The van der Waals surface area contributed by atoms with E-state index in [9.17, 15) is 9.90 Å². The first-order chi connectivity index (χ1) is 10.2. The van der Waals surface area contributed by atoms with E-state index in [2.05, 4.69) is 34.6 Å². The maximum atomic E-state index is 12.8. The van der Waals surface area contributed by atoms with E-state index in [1.165, 1.54) is 12.8 Å². The second kappa shape index (κ2) is 4.84. The van der Waals surface area contributed by atoms with Gasteiger partial charge in [-0.3, -0.25) is 4.79 Å². The fraction of sp³-hybridized carbons (Fsp3) is 0.650. The zero-order valence-corrected chi connectivity index (χ0v) is 14.5. The van der Waals surface area contributed by atoms with E-state index >= 15 is 0 Å². The highest BCUT2D eigenvalue weighted by atomic mass is 16.3. The molecule has 2 heteroatoms. The van der Waals surface area contributed by atoms with Crippen molar-refractivity contribution >= 4 is 5.78 Å². The Kier molecular flexibility index (Phi) is 3.43. The molecule has 120 valence electrons. The van der Waals surface area contributed by atoms with Crippen LogP contribution in [0, 0.1) is 11.3 Å². The molecule has 0 unspecified atom stereocenters. The van der Waals surface area contributed by atoms with Crippen LogP contribution in [-0.4, -0.2) is 10.9 Å². The number of hydrogen-bond acceptors (Lipinski definition) is 2. The lowest BCUT2D eigenvalue weighted by Gasteiger charge is -2.53. The summed E-state index contributed by atoms with van der Waals surface area (Å²) in [6.45, 7) is 11.0. The first-order valence-electron chi connectivity index (χ1n) is 8.57. The average Bonchev–Trinajstić information content (AvgIpc) is 2.41. The Morgan fingerprint density at radius 2 is 1.86 bits per heavy atom. The number of Topliss-reactive ketones (excluding diaryl/α,β-unsaturated/α-hetero) is 1. The standard InChI is InChI=1S/C20H28O2/c1-12(2)13-9-14-15(10-16(13)21)20(5)8-6-7-19(3,4)18(20)11-17(14)22/h9-10,12,18,21H,6-8,11H2,1-5H3/t18-,20+/m0/s1. The van der Waals surface area contributed by atoms with Crippen molar-refractivity contribution in [2.45, 2.75) is 71.6 Å². The molecule has 0 amide bonds. The van der Waals surface area contributed by atoms with E-state index in [1.54, 1.807) is 0 Å². The topological polar surface area (TPSA) is 37.3 Å². The van der Waals surface area contributed by atoms with E-state index in [-0.39, 0.29) is 22.5 Å². The van der Waals surface area contributed by atoms with Crippen LogP contribution < -0.4 is 0 Å². The molecule has 0 bridgehead atoms. The molecule has 2 aliphatic carbocycles. The number of rotatable bonds is 1. The first kappa shape index (κ1) is 15.6. The van der Waals surface area contributed by atoms with Gasteiger partial charge in [0, 0.05) is 12.0 Å². The zero-order valence-electron chi connectivity index (χ0n) is 14.5. The molecule has 1 fully saturated rings. The number of benzene rings is 1. The summed E-state index contributed by atoms with van der Waals surface area (Å²) in [6.07, 6.45) is 4.15. The predicted molar refractivity (Wildman–Crippen MR) is 89.6 cm³/mol. The van der Waals surface area contributed by atoms with Gasteiger partial charge in [0.15, 0.2) is 5.78 Å². The molecule has 0 aliphatic heterocycles. The SMILES string of the molecule is CC(C)c1cc2c(cc1O)[C@@]1(C)CCCC(C)(C)[C@@H]1CC2=O. The third-order valence-corrected chi connectivity index (χ3v) is 6.32. The van der Waals surface area contributed by atoms with Crippen LogP contribution in [0.15, 0.2) is 12.1 Å². The third kappa shape index (κ3) is 2.11. The van der Waals surface area contributed by atoms with Gasteiger partial charge in [-0.15, -0.1) is 0 Å². The monoisotopic (exact) mass is 300 g/mol. The smallest absolute Gasteiger partial charge is 0.163 e. The molecule has 0 aromatic heterocycles. The summed E-state index contributed by atoms with van der Waals surface area (Å²) in [7, 11) is 0. The van der Waals surface area contributed by atoms with E-state index in [1.807, 2.05) is 12.1 Å². The minimum absolute atomic E-state index is 0.0119. The Labute approximate surface area is 133 Å². The summed E-state index contributed by atoms with van der Waals surface area (Å²) in [5, 5.41) is 10.4. The van der Waals surface area contributed by atoms with Gasteiger partial charge in [-0.1, -0.05) is 41.0 Å². The Balaban J connectivity index is 2.20. The van der Waals surface area contributed by atoms with E-state index in [0.717, 1.165) is 23.1 Å². The van der Waals surface area contributed by atoms with Crippen LogP contribution in [0.3, 0.4) is 0 Å². The second-order valence-corrected chi connectivity index (χ2v) is 8.55. The van der Waals surface area contributed by atoms with Crippen molar-refractivity contribution in [3.8, 4) is 5.75 Å². The minimum Gasteiger partial charge on any atom is -0.508 e. The van der Waals surface area contributed by atoms with Crippen LogP contribution in [0.2, 0.25) is 0 Å². The van der Waals surface area contributed by atoms with Crippen molar-refractivity contribution in [2.75, 3.05) is 0 Å². The number of carbonyl (C=O) groups excluding carboxylic acids is 1. The molecule has 0 spiro atoms. The van der Waals surface area contributed by atoms with Gasteiger partial charge in [0.25, 0.3) is 0 Å². The number of carbonyl (C=O) groups is 1. The van der Waals surface area contributed by atoms with Gasteiger partial charge >= 0.3 is 0 Å². The van der Waals surface area contributed by atoms with Gasteiger partial charge in [0.05, 0.1) is 0 Å². The van der Waals surface area contributed by atoms with Crippen molar-refractivity contribution in [1.29, 1.82) is 0 Å². The Morgan fingerprint density at radius 1 is 1.18 bits per heavy atom. The maximum absolute atomic E-state index is 12.8. The zero-order chi connectivity index (χ0) is 16.3. The Bertz CT molecular complexity index is 627. The highest BCUT2D eigenvalue weighted by Gasteiger charge is 2.52. The molecular weight excluding hydrogens is 272 g/mol. The van der Waals surface area contributed by atoms with Crippen molar-refractivity contribution in [1.82, 2.24) is 0 Å². The predicted octanol–water partition coefficient (Wildman–Crippen LogP) is 5.19. The molecule has 1 aromatic carbocycles. The molecule has 1 saturated carbocycles. The van der Waals surface area contributed by atoms with Crippen LogP contribution in [0.1, 0.15) is 87.7 Å². The Morgan fingerprint density at radius 3 is 2.50 bits per heavy atom. The summed E-state index contributed by atoms with van der Waals surface area (Å²) in [5.41, 5.74) is 3.04. The number of phenolic OH excluding ortho intramolecular Hbond substituents is 1. The first-order valence-corrected chi connectivity index (χ1v) is 8.57. The highest BCUT2D eigenvalue weighted by molar-refractivity contribution is 6.00. The third-order valence-electron chi connectivity index (χ3n) is 6.32. The number of aromatic hydroxyl groups is 1. The number of hydrogen-bond donors (Lipinski definition) is 1. The molecule has 3 rings (SSSR count). The van der Waals surface area contributed by atoms with Crippen molar-refractivity contribution in [3.63, 3.8) is 0 Å². The average molecular weight is 300 g/mol. The van der Waals surface area contributed by atoms with Gasteiger partial charge in [0.1, 0.15) is 5.75 Å². The van der Waals surface area contributed by atoms with Crippen molar-refractivity contribution in [3.05, 3.63) is 28.8 Å². The van der Waals surface area contributed by atoms with Crippen molar-refractivity contribution < 1.29 is 9.90 Å². The van der Waals surface area contributed by atoms with Gasteiger partial charge in [0.2, 0.25) is 0 Å². The van der Waals surface area contributed by atoms with E-state index in [4.69, 9.17) is 0 Å². The molecule has 2 aliphatic rings. The number of ketones is 1. The molecule has 1 aromatic rings. The lowest BCUT2D eigenvalue weighted by atomic mass is 9.50. The van der Waals surface area contributed by atoms with Crippen LogP contribution in [0.4, 0.5) is 0 Å². The van der Waals surface area contributed by atoms with E-state index in [0.29, 0.717) is 18.1 Å². The number of fused-ring (bicyclic) bond motifs is 3. The molecule has 0 saturated heterocycles. The molecule has 22 heavy (non-hydrogen) atoms. The molecule has 2 atom stereocenters. The summed E-state index contributed by atoms with van der Waals surface area (Å²) in [4.78, 5) is 12.8. The second-order valence-electron chi connectivity index (χ2n) is 8.55. The Hall–Kier alpha value is -1.31. The number of phenols is 1.